The maximum Gasteiger partial charge on any atom is 0.514 e. The van der Waals surface area contributed by atoms with Crippen molar-refractivity contribution in [1.82, 2.24) is 4.98 Å². The first-order valence-corrected chi connectivity index (χ1v) is 3.24. The molecule has 0 radical (unpaired) electrons. The van der Waals surface area contributed by atoms with Gasteiger partial charge in [-0.1, -0.05) is 11.5 Å². The molecule has 1 rings (SSSR count). The average Bonchev–Trinajstić information content (AvgIpc) is 1.83. The minimum atomic E-state index is -5.28. The van der Waals surface area contributed by atoms with Crippen LogP contribution < -0.4 is 5.46 Å². The van der Waals surface area contributed by atoms with Crippen LogP contribution >= 0.6 is 0 Å². The fourth-order valence-corrected chi connectivity index (χ4v) is 0.780. The van der Waals surface area contributed by atoms with E-state index in [0.29, 0.717) is 6.07 Å². The molecule has 1 heterocycles. The summed E-state index contributed by atoms with van der Waals surface area (Å²) in [7, 11) is 0. The first-order chi connectivity index (χ1) is 5.41. The Morgan fingerprint density at radius 2 is 1.83 bits per heavy atom. The van der Waals surface area contributed by atoms with Crippen LogP contribution in [0.25, 0.3) is 0 Å². The van der Waals surface area contributed by atoms with Crippen molar-refractivity contribution in [1.29, 1.82) is 0 Å². The number of hydrogen-bond donors (Lipinski definition) is 0. The van der Waals surface area contributed by atoms with Crippen molar-refractivity contribution in [3.05, 3.63) is 23.8 Å². The summed E-state index contributed by atoms with van der Waals surface area (Å²) in [5.41, 5.74) is -1.03. The van der Waals surface area contributed by atoms with Gasteiger partial charge in [0.15, 0.2) is 5.95 Å². The number of hydrogen-bond acceptors (Lipinski definition) is 1. The van der Waals surface area contributed by atoms with E-state index < -0.39 is 18.4 Å². The van der Waals surface area contributed by atoms with Gasteiger partial charge in [0, 0.05) is 5.69 Å². The van der Waals surface area contributed by atoms with Gasteiger partial charge in [0.05, 0.1) is 0 Å². The molecule has 0 aromatic carbocycles. The number of pyridine rings is 1. The van der Waals surface area contributed by atoms with Crippen LogP contribution in [0.1, 0.15) is 5.69 Å². The average molecular weight is 178 g/mol. The second-order valence-corrected chi connectivity index (χ2v) is 2.41. The van der Waals surface area contributed by atoms with Crippen LogP contribution in [0, 0.1) is 12.9 Å². The molecule has 0 fully saturated rings. The molecule has 12 heavy (non-hydrogen) atoms. The molecule has 1 nitrogen and oxygen atoms in total. The zero-order valence-electron chi connectivity index (χ0n) is 6.19. The Labute approximate surface area is 66.5 Å². The van der Waals surface area contributed by atoms with Crippen molar-refractivity contribution in [3.63, 3.8) is 0 Å². The highest BCUT2D eigenvalue weighted by Crippen LogP contribution is 2.10. The lowest BCUT2D eigenvalue weighted by Gasteiger charge is -2.14. The second-order valence-electron chi connectivity index (χ2n) is 2.41. The number of rotatable bonds is 1. The summed E-state index contributed by atoms with van der Waals surface area (Å²) in [4.78, 5) is 3.07. The topological polar surface area (TPSA) is 12.9 Å². The molecule has 0 amide bonds. The highest BCUT2D eigenvalue weighted by Gasteiger charge is 2.29. The van der Waals surface area contributed by atoms with Crippen molar-refractivity contribution in [2.75, 3.05) is 0 Å². The van der Waals surface area contributed by atoms with Gasteiger partial charge in [0.25, 0.3) is 0 Å². The predicted molar refractivity (Wildman–Crippen MR) is 37.6 cm³/mol. The number of nitrogens with zero attached hydrogens (tertiary/aromatic N) is 1. The second kappa shape index (κ2) is 2.77. The third-order valence-electron chi connectivity index (χ3n) is 1.37. The van der Waals surface area contributed by atoms with Crippen molar-refractivity contribution >= 4 is 12.4 Å². The van der Waals surface area contributed by atoms with Crippen molar-refractivity contribution in [2.24, 2.45) is 0 Å². The zero-order valence-corrected chi connectivity index (χ0v) is 6.19. The Morgan fingerprint density at radius 3 is 2.25 bits per heavy atom. The van der Waals surface area contributed by atoms with E-state index in [1.165, 1.54) is 6.92 Å². The molecule has 0 N–H and O–H groups in total. The summed E-state index contributed by atoms with van der Waals surface area (Å²) < 4.78 is 48.4. The predicted octanol–water partition coefficient (Wildman–Crippen LogP) is 1.58. The van der Waals surface area contributed by atoms with Crippen molar-refractivity contribution < 1.29 is 17.3 Å². The van der Waals surface area contributed by atoms with Crippen LogP contribution in [-0.4, -0.2) is 12.0 Å². The van der Waals surface area contributed by atoms with Gasteiger partial charge in [-0.25, -0.2) is 4.98 Å². The van der Waals surface area contributed by atoms with Crippen molar-refractivity contribution in [2.45, 2.75) is 6.92 Å². The van der Waals surface area contributed by atoms with E-state index in [1.807, 2.05) is 0 Å². The normalized spacial score (nSPS) is 11.8. The van der Waals surface area contributed by atoms with Crippen LogP contribution in [0.15, 0.2) is 12.1 Å². The molecule has 6 heteroatoms. The Bertz CT molecular complexity index is 296. The minimum absolute atomic E-state index is 0.233. The van der Waals surface area contributed by atoms with Crippen LogP contribution in [-0.2, 0) is 0 Å². The maximum absolute atomic E-state index is 12.5. The van der Waals surface area contributed by atoms with Crippen LogP contribution in [0.4, 0.5) is 17.3 Å². The first kappa shape index (κ1) is 9.03. The molecule has 0 bridgehead atoms. The monoisotopic (exact) mass is 178 g/mol. The minimum Gasteiger partial charge on any atom is -0.445 e. The van der Waals surface area contributed by atoms with E-state index in [2.05, 4.69) is 4.98 Å². The van der Waals surface area contributed by atoms with Gasteiger partial charge in [-0.05, 0) is 13.0 Å². The third-order valence-corrected chi connectivity index (χ3v) is 1.37. The lowest BCUT2D eigenvalue weighted by molar-refractivity contribution is 0.490. The molecule has 0 unspecified atom stereocenters. The largest absolute Gasteiger partial charge is 0.514 e. The fraction of sp³-hybridized carbons (Fsp3) is 0.167. The zero-order chi connectivity index (χ0) is 9.35. The molecule has 66 valence electrons. The molecule has 1 aromatic rings. The van der Waals surface area contributed by atoms with E-state index in [9.17, 15) is 17.3 Å². The molecule has 0 saturated carbocycles. The molecule has 0 atom stereocenters. The first-order valence-electron chi connectivity index (χ1n) is 3.24. The third kappa shape index (κ3) is 1.75. The molecule has 0 saturated heterocycles. The van der Waals surface area contributed by atoms with Gasteiger partial charge >= 0.3 is 6.98 Å². The van der Waals surface area contributed by atoms with E-state index in [0.717, 1.165) is 6.07 Å². The van der Waals surface area contributed by atoms with Crippen LogP contribution in [0.3, 0.4) is 0 Å². The Balaban J connectivity index is 3.19. The fourth-order valence-electron chi connectivity index (χ4n) is 0.780. The quantitative estimate of drug-likeness (QED) is 0.361. The van der Waals surface area contributed by atoms with Gasteiger partial charge in [0.2, 0.25) is 0 Å². The smallest absolute Gasteiger partial charge is 0.445 e. The van der Waals surface area contributed by atoms with Gasteiger partial charge < -0.3 is 12.9 Å². The lowest BCUT2D eigenvalue weighted by Crippen LogP contribution is -2.37. The molecule has 1 aromatic heterocycles. The molecule has 0 aliphatic carbocycles. The summed E-state index contributed by atoms with van der Waals surface area (Å²) in [5, 5.41) is 0. The summed E-state index contributed by atoms with van der Waals surface area (Å²) in [6, 6.07) is 1.84. The highest BCUT2D eigenvalue weighted by molar-refractivity contribution is 6.73. The van der Waals surface area contributed by atoms with Gasteiger partial charge in [-0.2, -0.15) is 4.39 Å². The molecule has 0 aliphatic heterocycles. The summed E-state index contributed by atoms with van der Waals surface area (Å²) in [6.45, 7) is -3.85. The van der Waals surface area contributed by atoms with E-state index >= 15 is 0 Å². The van der Waals surface area contributed by atoms with Crippen molar-refractivity contribution in [3.8, 4) is 0 Å². The summed E-state index contributed by atoms with van der Waals surface area (Å²) >= 11 is 0. The van der Waals surface area contributed by atoms with Gasteiger partial charge in [-0.15, -0.1) is 0 Å². The summed E-state index contributed by atoms with van der Waals surface area (Å²) in [5.74, 6) is -1.44. The maximum atomic E-state index is 12.5. The summed E-state index contributed by atoms with van der Waals surface area (Å²) in [6.07, 6.45) is 0. The molecular formula is C6H5BF4N-. The number of halogens is 4. The number of aryl methyl sites for hydroxylation is 1. The lowest BCUT2D eigenvalue weighted by atomic mass is 9.81. The Morgan fingerprint density at radius 1 is 1.25 bits per heavy atom. The highest BCUT2D eigenvalue weighted by atomic mass is 19.4. The Kier molecular flexibility index (Phi) is 2.08. The van der Waals surface area contributed by atoms with Crippen LogP contribution in [0.2, 0.25) is 0 Å². The van der Waals surface area contributed by atoms with E-state index in [1.54, 1.807) is 0 Å². The molecular weight excluding hydrogens is 173 g/mol. The standard InChI is InChI=1S/C6H5BF4N/c1-4-2-3-5(6(8)12-4)7(9,10)11/h2-3H,1H3/q-1. The SMILES string of the molecule is Cc1ccc([B-](F)(F)F)c(F)n1. The van der Waals surface area contributed by atoms with E-state index in [-0.39, 0.29) is 5.69 Å². The molecule has 0 spiro atoms. The Hall–Kier alpha value is -1.07. The van der Waals surface area contributed by atoms with E-state index in [4.69, 9.17) is 0 Å². The molecule has 0 aliphatic rings. The van der Waals surface area contributed by atoms with Crippen LogP contribution in [0.5, 0.6) is 0 Å². The van der Waals surface area contributed by atoms with Gasteiger partial charge in [0.1, 0.15) is 0 Å². The number of aromatic nitrogens is 1. The van der Waals surface area contributed by atoms with Gasteiger partial charge in [-0.3, -0.25) is 0 Å².